The molecule has 0 aliphatic heterocycles. The first kappa shape index (κ1) is 15.2. The molecule has 0 bridgehead atoms. The van der Waals surface area contributed by atoms with Gasteiger partial charge in [-0.2, -0.15) is 0 Å². The van der Waals surface area contributed by atoms with Gasteiger partial charge in [0, 0.05) is 30.8 Å². The SMILES string of the molecule is CCN(CCCO)C(=O)c1ccc(C#CCN)cc1. The normalized spacial score (nSPS) is 9.63. The molecule has 1 aromatic carbocycles. The molecule has 0 heterocycles. The fourth-order valence-electron chi connectivity index (χ4n) is 1.70. The summed E-state index contributed by atoms with van der Waals surface area (Å²) in [7, 11) is 0. The molecule has 0 unspecified atom stereocenters. The molecule has 0 radical (unpaired) electrons. The lowest BCUT2D eigenvalue weighted by Crippen LogP contribution is -2.32. The Bertz CT molecular complexity index is 457. The maximum atomic E-state index is 12.2. The van der Waals surface area contributed by atoms with E-state index in [2.05, 4.69) is 11.8 Å². The van der Waals surface area contributed by atoms with Crippen molar-refractivity contribution in [2.75, 3.05) is 26.2 Å². The first-order valence-electron chi connectivity index (χ1n) is 6.42. The van der Waals surface area contributed by atoms with E-state index in [0.717, 1.165) is 5.56 Å². The molecule has 0 aromatic heterocycles. The first-order chi connectivity index (χ1) is 9.22. The number of aliphatic hydroxyl groups is 1. The maximum Gasteiger partial charge on any atom is 0.253 e. The van der Waals surface area contributed by atoms with Gasteiger partial charge < -0.3 is 15.7 Å². The zero-order chi connectivity index (χ0) is 14.1. The van der Waals surface area contributed by atoms with Crippen LogP contribution in [-0.2, 0) is 0 Å². The minimum Gasteiger partial charge on any atom is -0.396 e. The molecule has 1 aromatic rings. The zero-order valence-corrected chi connectivity index (χ0v) is 11.2. The van der Waals surface area contributed by atoms with E-state index in [1.54, 1.807) is 17.0 Å². The van der Waals surface area contributed by atoms with Gasteiger partial charge in [0.15, 0.2) is 0 Å². The summed E-state index contributed by atoms with van der Waals surface area (Å²) < 4.78 is 0. The molecule has 0 aliphatic rings. The van der Waals surface area contributed by atoms with Gasteiger partial charge in [-0.15, -0.1) is 0 Å². The Labute approximate surface area is 114 Å². The van der Waals surface area contributed by atoms with Crippen molar-refractivity contribution >= 4 is 5.91 Å². The highest BCUT2D eigenvalue weighted by Gasteiger charge is 2.13. The largest absolute Gasteiger partial charge is 0.396 e. The Kier molecular flexibility index (Phi) is 6.65. The summed E-state index contributed by atoms with van der Waals surface area (Å²) in [4.78, 5) is 13.9. The molecule has 0 fully saturated rings. The highest BCUT2D eigenvalue weighted by molar-refractivity contribution is 5.94. The zero-order valence-electron chi connectivity index (χ0n) is 11.2. The number of nitrogens with zero attached hydrogens (tertiary/aromatic N) is 1. The summed E-state index contributed by atoms with van der Waals surface area (Å²) in [6.45, 7) is 3.55. The van der Waals surface area contributed by atoms with Gasteiger partial charge in [0.05, 0.1) is 6.54 Å². The predicted molar refractivity (Wildman–Crippen MR) is 75.7 cm³/mol. The lowest BCUT2D eigenvalue weighted by Gasteiger charge is -2.20. The van der Waals surface area contributed by atoms with Crippen LogP contribution in [0.2, 0.25) is 0 Å². The van der Waals surface area contributed by atoms with E-state index in [-0.39, 0.29) is 12.5 Å². The standard InChI is InChI=1S/C15H20N2O2/c1-2-17(11-4-12-18)15(19)14-8-6-13(7-9-14)5-3-10-16/h6-9,18H,2,4,10-12,16H2,1H3. The molecule has 3 N–H and O–H groups in total. The minimum atomic E-state index is -0.0192. The highest BCUT2D eigenvalue weighted by atomic mass is 16.3. The highest BCUT2D eigenvalue weighted by Crippen LogP contribution is 2.07. The van der Waals surface area contributed by atoms with Crippen LogP contribution >= 0.6 is 0 Å². The third-order valence-electron chi connectivity index (χ3n) is 2.72. The van der Waals surface area contributed by atoms with Crippen molar-refractivity contribution in [3.05, 3.63) is 35.4 Å². The molecule has 0 saturated heterocycles. The molecular weight excluding hydrogens is 240 g/mol. The van der Waals surface area contributed by atoms with Gasteiger partial charge in [-0.05, 0) is 37.6 Å². The van der Waals surface area contributed by atoms with Crippen molar-refractivity contribution in [1.29, 1.82) is 0 Å². The van der Waals surface area contributed by atoms with Crippen molar-refractivity contribution in [2.24, 2.45) is 5.73 Å². The van der Waals surface area contributed by atoms with Gasteiger partial charge >= 0.3 is 0 Å². The van der Waals surface area contributed by atoms with Crippen LogP contribution in [0.5, 0.6) is 0 Å². The Morgan fingerprint density at radius 2 is 2.05 bits per heavy atom. The predicted octanol–water partition coefficient (Wildman–Crippen LogP) is 0.841. The Balaban J connectivity index is 2.75. The van der Waals surface area contributed by atoms with Crippen LogP contribution in [0.15, 0.2) is 24.3 Å². The van der Waals surface area contributed by atoms with E-state index in [1.807, 2.05) is 19.1 Å². The topological polar surface area (TPSA) is 66.6 Å². The van der Waals surface area contributed by atoms with E-state index in [9.17, 15) is 4.79 Å². The van der Waals surface area contributed by atoms with Gasteiger partial charge in [0.25, 0.3) is 5.91 Å². The summed E-state index contributed by atoms with van der Waals surface area (Å²) in [6.07, 6.45) is 0.597. The van der Waals surface area contributed by atoms with Crippen LogP contribution in [0.1, 0.15) is 29.3 Å². The van der Waals surface area contributed by atoms with Crippen molar-refractivity contribution in [3.63, 3.8) is 0 Å². The second-order valence-corrected chi connectivity index (χ2v) is 4.05. The van der Waals surface area contributed by atoms with Gasteiger partial charge in [0.1, 0.15) is 0 Å². The van der Waals surface area contributed by atoms with Crippen LogP contribution in [0.4, 0.5) is 0 Å². The number of benzene rings is 1. The number of aliphatic hydroxyl groups excluding tert-OH is 1. The van der Waals surface area contributed by atoms with Crippen molar-refractivity contribution < 1.29 is 9.90 Å². The smallest absolute Gasteiger partial charge is 0.253 e. The molecule has 1 amide bonds. The van der Waals surface area contributed by atoms with Crippen molar-refractivity contribution in [2.45, 2.75) is 13.3 Å². The lowest BCUT2D eigenvalue weighted by atomic mass is 10.1. The van der Waals surface area contributed by atoms with Gasteiger partial charge in [-0.25, -0.2) is 0 Å². The van der Waals surface area contributed by atoms with Crippen LogP contribution < -0.4 is 5.73 Å². The molecule has 4 nitrogen and oxygen atoms in total. The molecule has 0 atom stereocenters. The molecule has 0 saturated carbocycles. The van der Waals surface area contributed by atoms with Crippen molar-refractivity contribution in [3.8, 4) is 11.8 Å². The van der Waals surface area contributed by atoms with Crippen LogP contribution in [-0.4, -0.2) is 42.2 Å². The van der Waals surface area contributed by atoms with Crippen molar-refractivity contribution in [1.82, 2.24) is 4.90 Å². The first-order valence-corrected chi connectivity index (χ1v) is 6.42. The quantitative estimate of drug-likeness (QED) is 0.771. The van der Waals surface area contributed by atoms with E-state index >= 15 is 0 Å². The van der Waals surface area contributed by atoms with E-state index in [4.69, 9.17) is 10.8 Å². The maximum absolute atomic E-state index is 12.2. The monoisotopic (exact) mass is 260 g/mol. The third kappa shape index (κ3) is 4.74. The summed E-state index contributed by atoms with van der Waals surface area (Å²) in [5.74, 6) is 5.67. The van der Waals surface area contributed by atoms with Gasteiger partial charge in [-0.1, -0.05) is 11.8 Å². The number of carbonyl (C=O) groups excluding carboxylic acids is 1. The number of nitrogens with two attached hydrogens (primary N) is 1. The van der Waals surface area contributed by atoms with Crippen LogP contribution in [0, 0.1) is 11.8 Å². The molecule has 0 spiro atoms. The second-order valence-electron chi connectivity index (χ2n) is 4.05. The van der Waals surface area contributed by atoms with Crippen LogP contribution in [0.25, 0.3) is 0 Å². The summed E-state index contributed by atoms with van der Waals surface area (Å²) in [5, 5.41) is 8.82. The lowest BCUT2D eigenvalue weighted by molar-refractivity contribution is 0.0754. The van der Waals surface area contributed by atoms with E-state index in [0.29, 0.717) is 31.6 Å². The molecule has 102 valence electrons. The summed E-state index contributed by atoms with van der Waals surface area (Å²) in [5.41, 5.74) is 6.79. The van der Waals surface area contributed by atoms with E-state index in [1.165, 1.54) is 0 Å². The minimum absolute atomic E-state index is 0.0192. The fourth-order valence-corrected chi connectivity index (χ4v) is 1.70. The number of hydrogen-bond donors (Lipinski definition) is 2. The number of hydrogen-bond acceptors (Lipinski definition) is 3. The molecule has 0 aliphatic carbocycles. The van der Waals surface area contributed by atoms with Gasteiger partial charge in [-0.3, -0.25) is 4.79 Å². The van der Waals surface area contributed by atoms with E-state index < -0.39 is 0 Å². The number of carbonyl (C=O) groups is 1. The molecular formula is C15H20N2O2. The Hall–Kier alpha value is -1.83. The summed E-state index contributed by atoms with van der Waals surface area (Å²) >= 11 is 0. The van der Waals surface area contributed by atoms with Gasteiger partial charge in [0.2, 0.25) is 0 Å². The van der Waals surface area contributed by atoms with Crippen LogP contribution in [0.3, 0.4) is 0 Å². The Morgan fingerprint density at radius 3 is 2.58 bits per heavy atom. The average molecular weight is 260 g/mol. The molecule has 1 rings (SSSR count). The number of amides is 1. The number of rotatable bonds is 5. The molecule has 4 heteroatoms. The Morgan fingerprint density at radius 1 is 1.37 bits per heavy atom. The molecule has 19 heavy (non-hydrogen) atoms. The fraction of sp³-hybridized carbons (Fsp3) is 0.400. The average Bonchev–Trinajstić information content (AvgIpc) is 2.46. The summed E-state index contributed by atoms with van der Waals surface area (Å²) in [6, 6.07) is 7.17. The second kappa shape index (κ2) is 8.30. The third-order valence-corrected chi connectivity index (χ3v) is 2.72.